The van der Waals surface area contributed by atoms with E-state index in [0.717, 1.165) is 0 Å². The van der Waals surface area contributed by atoms with E-state index >= 15 is 0 Å². The van der Waals surface area contributed by atoms with Crippen LogP contribution in [0.15, 0.2) is 0 Å². The van der Waals surface area contributed by atoms with Gasteiger partial charge in [-0.25, -0.2) is 0 Å². The molecule has 1 rings (SSSR count). The van der Waals surface area contributed by atoms with Crippen molar-refractivity contribution in [3.63, 3.8) is 0 Å². The summed E-state index contributed by atoms with van der Waals surface area (Å²) in [4.78, 5) is 0. The third kappa shape index (κ3) is 11.8. The van der Waals surface area contributed by atoms with Crippen LogP contribution in [0.25, 0.3) is 0 Å². The predicted molar refractivity (Wildman–Crippen MR) is 126 cm³/mol. The van der Waals surface area contributed by atoms with Crippen LogP contribution in [0, 0.1) is 29.6 Å². The van der Waals surface area contributed by atoms with Crippen LogP contribution in [0.3, 0.4) is 0 Å². The fourth-order valence-electron chi connectivity index (χ4n) is 4.69. The summed E-state index contributed by atoms with van der Waals surface area (Å²) >= 11 is 0. The molecular weight excluding hydrogens is 611 g/mol. The molecule has 42 heavy (non-hydrogen) atoms. The molecule has 0 N–H and O–H groups in total. The standard InChI is InChI=1S/C16H36N.C10F15/c1-5-9-13-17(14-10-6-2,15-11-7-3)16-12-8-4;11-6(12,13)1-2(7(14,15)16)4(9(20,21)22)5(10(23,24)25)3(1)8(17,18)19/h5-16H2,1-4H3;/q+1;. The predicted octanol–water partition coefficient (Wildman–Crippen LogP) is 10.7. The lowest BCUT2D eigenvalue weighted by Gasteiger charge is -2.39. The summed E-state index contributed by atoms with van der Waals surface area (Å²) in [5.74, 6) is -20.5. The summed E-state index contributed by atoms with van der Waals surface area (Å²) in [6.45, 7) is 15.0. The van der Waals surface area contributed by atoms with Gasteiger partial charge in [0.25, 0.3) is 0 Å². The molecule has 249 valence electrons. The number of unbranched alkanes of at least 4 members (excludes halogenated alkanes) is 4. The average Bonchev–Trinajstić information content (AvgIpc) is 3.23. The van der Waals surface area contributed by atoms with Gasteiger partial charge in [-0.2, -0.15) is 65.9 Å². The van der Waals surface area contributed by atoms with E-state index in [1.807, 2.05) is 0 Å². The maximum absolute atomic E-state index is 12.6. The van der Waals surface area contributed by atoms with E-state index in [0.29, 0.717) is 0 Å². The Morgan fingerprint density at radius 3 is 0.571 bits per heavy atom. The molecule has 0 saturated heterocycles. The highest BCUT2D eigenvalue weighted by atomic mass is 19.4. The van der Waals surface area contributed by atoms with Gasteiger partial charge in [-0.1, -0.05) is 53.4 Å². The molecule has 0 atom stereocenters. The summed E-state index contributed by atoms with van der Waals surface area (Å²) in [6, 6.07) is 0. The van der Waals surface area contributed by atoms with Crippen molar-refractivity contribution in [2.75, 3.05) is 26.2 Å². The zero-order chi connectivity index (χ0) is 33.4. The van der Waals surface area contributed by atoms with Crippen LogP contribution < -0.4 is 0 Å². The van der Waals surface area contributed by atoms with Crippen LogP contribution in [0.1, 0.15) is 79.1 Å². The Hall–Kier alpha value is -1.09. The summed E-state index contributed by atoms with van der Waals surface area (Å²) in [5.41, 5.74) is 0. The first kappa shape index (κ1) is 40.9. The molecule has 0 aromatic heterocycles. The molecular formula is C26H36F15N+. The Labute approximate surface area is 236 Å². The molecule has 1 nitrogen and oxygen atoms in total. The first-order valence-corrected chi connectivity index (χ1v) is 13.4. The van der Waals surface area contributed by atoms with Gasteiger partial charge in [-0.05, 0) is 25.7 Å². The SMILES string of the molecule is CCCC[N+](CCCC)(CCCC)CCCC.FC(F)(F)[C]1[C](C(F)(F)F)[C](C(F)(F)F)[C](C(F)(F)F)[C]1C(F)(F)F. The second-order valence-corrected chi connectivity index (χ2v) is 10.0. The second kappa shape index (κ2) is 15.8. The highest BCUT2D eigenvalue weighted by Crippen LogP contribution is 2.72. The number of halogens is 15. The van der Waals surface area contributed by atoms with Crippen LogP contribution in [-0.2, 0) is 0 Å². The van der Waals surface area contributed by atoms with Crippen molar-refractivity contribution in [3.8, 4) is 0 Å². The summed E-state index contributed by atoms with van der Waals surface area (Å²) < 4.78 is 190. The molecule has 0 heterocycles. The lowest BCUT2D eigenvalue weighted by atomic mass is 9.85. The molecule has 0 aromatic rings. The van der Waals surface area contributed by atoms with Crippen LogP contribution in [0.4, 0.5) is 65.9 Å². The Morgan fingerprint density at radius 1 is 0.333 bits per heavy atom. The molecule has 0 aromatic carbocycles. The van der Waals surface area contributed by atoms with E-state index in [1.54, 1.807) is 0 Å². The smallest absolute Gasteiger partial charge is 0.324 e. The van der Waals surface area contributed by atoms with E-state index in [2.05, 4.69) is 27.7 Å². The lowest BCUT2D eigenvalue weighted by molar-refractivity contribution is -0.929. The number of alkyl halides is 15. The summed E-state index contributed by atoms with van der Waals surface area (Å²) in [6.07, 6.45) is -23.0. The maximum Gasteiger partial charge on any atom is 0.397 e. The minimum Gasteiger partial charge on any atom is -0.324 e. The fourth-order valence-corrected chi connectivity index (χ4v) is 4.69. The molecule has 0 bridgehead atoms. The van der Waals surface area contributed by atoms with Crippen molar-refractivity contribution in [1.29, 1.82) is 0 Å². The largest absolute Gasteiger partial charge is 0.397 e. The Kier molecular flexibility index (Phi) is 15.4. The van der Waals surface area contributed by atoms with Crippen LogP contribution >= 0.6 is 0 Å². The molecule has 0 aliphatic heterocycles. The minimum absolute atomic E-state index is 1.35. The van der Waals surface area contributed by atoms with E-state index in [-0.39, 0.29) is 0 Å². The zero-order valence-electron chi connectivity index (χ0n) is 23.6. The van der Waals surface area contributed by atoms with Gasteiger partial charge in [-0.3, -0.25) is 0 Å². The molecule has 1 fully saturated rings. The van der Waals surface area contributed by atoms with Crippen LogP contribution in [0.5, 0.6) is 0 Å². The monoisotopic (exact) mass is 647 g/mol. The molecule has 0 spiro atoms. The van der Waals surface area contributed by atoms with Gasteiger partial charge in [0.1, 0.15) is 29.6 Å². The third-order valence-corrected chi connectivity index (χ3v) is 6.61. The van der Waals surface area contributed by atoms with E-state index in [1.165, 1.54) is 82.0 Å². The summed E-state index contributed by atoms with van der Waals surface area (Å²) in [5, 5.41) is 0. The molecule has 0 unspecified atom stereocenters. The van der Waals surface area contributed by atoms with Gasteiger partial charge < -0.3 is 4.48 Å². The van der Waals surface area contributed by atoms with Crippen molar-refractivity contribution >= 4 is 0 Å². The lowest BCUT2D eigenvalue weighted by Crippen LogP contribution is -2.50. The van der Waals surface area contributed by atoms with Gasteiger partial charge >= 0.3 is 30.9 Å². The molecule has 1 aliphatic rings. The van der Waals surface area contributed by atoms with E-state index in [9.17, 15) is 65.9 Å². The minimum atomic E-state index is -6.81. The molecule has 5 radical (unpaired) electrons. The average molecular weight is 648 g/mol. The Bertz CT molecular complexity index is 597. The summed E-state index contributed by atoms with van der Waals surface area (Å²) in [7, 11) is 0. The van der Waals surface area contributed by atoms with Gasteiger partial charge in [0.2, 0.25) is 0 Å². The second-order valence-electron chi connectivity index (χ2n) is 10.0. The number of quaternary nitrogens is 1. The van der Waals surface area contributed by atoms with Crippen LogP contribution in [-0.4, -0.2) is 61.5 Å². The first-order valence-electron chi connectivity index (χ1n) is 13.4. The number of rotatable bonds is 12. The van der Waals surface area contributed by atoms with Crippen molar-refractivity contribution in [2.24, 2.45) is 0 Å². The first-order chi connectivity index (χ1) is 18.9. The molecule has 0 amide bonds. The number of hydrogen-bond donors (Lipinski definition) is 0. The quantitative estimate of drug-likeness (QED) is 0.146. The van der Waals surface area contributed by atoms with Crippen molar-refractivity contribution in [2.45, 2.75) is 110 Å². The topological polar surface area (TPSA) is 0 Å². The van der Waals surface area contributed by atoms with Gasteiger partial charge in [0.05, 0.1) is 26.2 Å². The Morgan fingerprint density at radius 2 is 0.476 bits per heavy atom. The van der Waals surface area contributed by atoms with Gasteiger partial charge in [-0.15, -0.1) is 0 Å². The maximum atomic E-state index is 12.6. The zero-order valence-corrected chi connectivity index (χ0v) is 23.6. The Balaban J connectivity index is 0.000000865. The van der Waals surface area contributed by atoms with Crippen LogP contribution in [0.2, 0.25) is 0 Å². The number of nitrogens with zero attached hydrogens (tertiary/aromatic N) is 1. The third-order valence-electron chi connectivity index (χ3n) is 6.61. The fraction of sp³-hybridized carbons (Fsp3) is 0.808. The van der Waals surface area contributed by atoms with Crippen molar-refractivity contribution in [1.82, 2.24) is 0 Å². The number of hydrogen-bond acceptors (Lipinski definition) is 0. The molecule has 16 heteroatoms. The van der Waals surface area contributed by atoms with Gasteiger partial charge in [0, 0.05) is 0 Å². The highest BCUT2D eigenvalue weighted by molar-refractivity contribution is 5.69. The molecule has 1 saturated carbocycles. The van der Waals surface area contributed by atoms with Crippen molar-refractivity contribution in [3.05, 3.63) is 29.6 Å². The van der Waals surface area contributed by atoms with E-state index in [4.69, 9.17) is 0 Å². The van der Waals surface area contributed by atoms with Gasteiger partial charge in [0.15, 0.2) is 0 Å². The normalized spacial score (nSPS) is 18.1. The van der Waals surface area contributed by atoms with E-state index < -0.39 is 60.5 Å². The van der Waals surface area contributed by atoms with Crippen molar-refractivity contribution < 1.29 is 70.3 Å². The molecule has 1 aliphatic carbocycles. The highest BCUT2D eigenvalue weighted by Gasteiger charge is 2.83.